The Morgan fingerprint density at radius 1 is 0.788 bits per heavy atom. The first-order chi connectivity index (χ1) is 16.0. The molecule has 2 aromatic carbocycles. The third-order valence-electron chi connectivity index (χ3n) is 5.91. The van der Waals surface area contributed by atoms with Crippen LogP contribution in [0.1, 0.15) is 27.0 Å². The molecule has 2 aromatic rings. The highest BCUT2D eigenvalue weighted by molar-refractivity contribution is 7.88. The van der Waals surface area contributed by atoms with Crippen molar-refractivity contribution in [1.29, 1.82) is 0 Å². The van der Waals surface area contributed by atoms with Crippen LogP contribution in [0.4, 0.5) is 0 Å². The second kappa shape index (κ2) is 11.2. The van der Waals surface area contributed by atoms with Gasteiger partial charge in [0.25, 0.3) is 5.91 Å². The van der Waals surface area contributed by atoms with Crippen molar-refractivity contribution in [2.24, 2.45) is 0 Å². The van der Waals surface area contributed by atoms with Crippen LogP contribution in [0.2, 0.25) is 0 Å². The van der Waals surface area contributed by atoms with Gasteiger partial charge in [0, 0.05) is 44.8 Å². The van der Waals surface area contributed by atoms with Crippen molar-refractivity contribution in [1.82, 2.24) is 14.5 Å². The third-order valence-corrected chi connectivity index (χ3v) is 7.76. The lowest BCUT2D eigenvalue weighted by atomic mass is 10.1. The minimum Gasteiger partial charge on any atom is -0.379 e. The maximum absolute atomic E-state index is 12.6. The van der Waals surface area contributed by atoms with Crippen LogP contribution in [0.25, 0.3) is 0 Å². The summed E-state index contributed by atoms with van der Waals surface area (Å²) in [6, 6.07) is 15.0. The summed E-state index contributed by atoms with van der Waals surface area (Å²) >= 11 is 0. The number of carbonyl (C=O) groups excluding carboxylic acids is 1. The van der Waals surface area contributed by atoms with E-state index in [9.17, 15) is 13.2 Å². The zero-order valence-corrected chi connectivity index (χ0v) is 19.6. The van der Waals surface area contributed by atoms with Gasteiger partial charge in [-0.15, -0.1) is 0 Å². The normalized spacial score (nSPS) is 18.2. The quantitative estimate of drug-likeness (QED) is 0.627. The van der Waals surface area contributed by atoms with Gasteiger partial charge in [0.2, 0.25) is 10.0 Å². The summed E-state index contributed by atoms with van der Waals surface area (Å²) in [5.41, 5.74) is 3.44. The predicted molar refractivity (Wildman–Crippen MR) is 125 cm³/mol. The van der Waals surface area contributed by atoms with E-state index >= 15 is 0 Å². The molecule has 0 unspecified atom stereocenters. The Kier molecular flexibility index (Phi) is 8.11. The Labute approximate surface area is 195 Å². The first-order valence-corrected chi connectivity index (χ1v) is 12.9. The van der Waals surface area contributed by atoms with Crippen molar-refractivity contribution in [3.8, 4) is 0 Å². The van der Waals surface area contributed by atoms with Crippen molar-refractivity contribution < 1.29 is 22.7 Å². The van der Waals surface area contributed by atoms with Gasteiger partial charge in [0.15, 0.2) is 0 Å². The van der Waals surface area contributed by atoms with Gasteiger partial charge in [-0.25, -0.2) is 8.42 Å². The number of rotatable bonds is 8. The second-order valence-corrected chi connectivity index (χ2v) is 10.3. The third kappa shape index (κ3) is 6.84. The lowest BCUT2D eigenvalue weighted by Crippen LogP contribution is -2.41. The number of carbonyl (C=O) groups is 1. The Hall–Kier alpha value is -2.30. The van der Waals surface area contributed by atoms with Gasteiger partial charge in [-0.2, -0.15) is 4.31 Å². The van der Waals surface area contributed by atoms with E-state index in [1.165, 1.54) is 9.87 Å². The highest BCUT2D eigenvalue weighted by Gasteiger charge is 2.24. The molecule has 178 valence electrons. The summed E-state index contributed by atoms with van der Waals surface area (Å²) in [5, 5.41) is 2.93. The highest BCUT2D eigenvalue weighted by Crippen LogP contribution is 2.14. The summed E-state index contributed by atoms with van der Waals surface area (Å²) in [6.07, 6.45) is 0. The van der Waals surface area contributed by atoms with E-state index in [1.807, 2.05) is 12.1 Å². The molecule has 2 fully saturated rings. The van der Waals surface area contributed by atoms with Crippen LogP contribution in [0.5, 0.6) is 0 Å². The van der Waals surface area contributed by atoms with Crippen LogP contribution >= 0.6 is 0 Å². The molecule has 0 aromatic heterocycles. The minimum atomic E-state index is -3.39. The average molecular weight is 474 g/mol. The molecule has 1 amide bonds. The Balaban J connectivity index is 1.26. The summed E-state index contributed by atoms with van der Waals surface area (Å²) < 4.78 is 37.2. The molecule has 33 heavy (non-hydrogen) atoms. The highest BCUT2D eigenvalue weighted by atomic mass is 32.2. The summed E-state index contributed by atoms with van der Waals surface area (Å²) in [5.74, 6) is -0.263. The van der Waals surface area contributed by atoms with Gasteiger partial charge < -0.3 is 14.8 Å². The number of hydrogen-bond acceptors (Lipinski definition) is 6. The average Bonchev–Trinajstić information content (AvgIpc) is 2.85. The second-order valence-electron chi connectivity index (χ2n) is 8.35. The van der Waals surface area contributed by atoms with Gasteiger partial charge in [0.1, 0.15) is 0 Å². The molecule has 2 aliphatic heterocycles. The first-order valence-electron chi connectivity index (χ1n) is 11.3. The molecule has 0 aliphatic carbocycles. The molecule has 4 rings (SSSR count). The maximum Gasteiger partial charge on any atom is 0.251 e. The molecule has 0 radical (unpaired) electrons. The van der Waals surface area contributed by atoms with E-state index in [-0.39, 0.29) is 11.7 Å². The van der Waals surface area contributed by atoms with Gasteiger partial charge in [-0.1, -0.05) is 36.4 Å². The van der Waals surface area contributed by atoms with Crippen LogP contribution in [-0.4, -0.2) is 76.1 Å². The molecule has 2 heterocycles. The van der Waals surface area contributed by atoms with Crippen molar-refractivity contribution in [2.45, 2.75) is 18.8 Å². The predicted octanol–water partition coefficient (Wildman–Crippen LogP) is 1.61. The smallest absolute Gasteiger partial charge is 0.251 e. The molecule has 8 nitrogen and oxygen atoms in total. The van der Waals surface area contributed by atoms with E-state index in [2.05, 4.69) is 22.3 Å². The van der Waals surface area contributed by atoms with Crippen LogP contribution < -0.4 is 5.32 Å². The lowest BCUT2D eigenvalue weighted by molar-refractivity contribution is 0.0342. The number of hydrogen-bond donors (Lipinski definition) is 1. The number of ether oxygens (including phenoxy) is 2. The van der Waals surface area contributed by atoms with Crippen molar-refractivity contribution in [3.05, 3.63) is 70.8 Å². The molecule has 2 saturated heterocycles. The zero-order chi connectivity index (χ0) is 23.1. The van der Waals surface area contributed by atoms with E-state index in [4.69, 9.17) is 9.47 Å². The molecule has 0 atom stereocenters. The Bertz CT molecular complexity index is 1010. The summed E-state index contributed by atoms with van der Waals surface area (Å²) in [7, 11) is -3.39. The topological polar surface area (TPSA) is 88.2 Å². The SMILES string of the molecule is O=C(NCc1ccc(CN2CCOCC2)cc1)c1ccc(CS(=O)(=O)N2CCOCC2)cc1. The summed E-state index contributed by atoms with van der Waals surface area (Å²) in [4.78, 5) is 14.9. The van der Waals surface area contributed by atoms with Gasteiger partial charge in [-0.3, -0.25) is 9.69 Å². The van der Waals surface area contributed by atoms with Crippen molar-refractivity contribution in [3.63, 3.8) is 0 Å². The number of nitrogens with one attached hydrogen (secondary N) is 1. The molecule has 0 bridgehead atoms. The minimum absolute atomic E-state index is 0.0777. The molecule has 0 saturated carbocycles. The standard InChI is InChI=1S/C24H31N3O5S/c28-24(25-17-20-1-3-21(4-2-20)18-26-9-13-31-14-10-26)23-7-5-22(6-8-23)19-33(29,30)27-11-15-32-16-12-27/h1-8H,9-19H2,(H,25,28). The largest absolute Gasteiger partial charge is 0.379 e. The lowest BCUT2D eigenvalue weighted by Gasteiger charge is -2.26. The van der Waals surface area contributed by atoms with Crippen molar-refractivity contribution >= 4 is 15.9 Å². The maximum atomic E-state index is 12.6. The summed E-state index contributed by atoms with van der Waals surface area (Å²) in [6.45, 7) is 6.44. The number of morpholine rings is 2. The van der Waals surface area contributed by atoms with E-state index < -0.39 is 10.0 Å². The molecule has 9 heteroatoms. The fraction of sp³-hybridized carbons (Fsp3) is 0.458. The molecular formula is C24H31N3O5S. The Morgan fingerprint density at radius 3 is 1.97 bits per heavy atom. The molecule has 1 N–H and O–H groups in total. The van der Waals surface area contributed by atoms with Crippen LogP contribution in [0.15, 0.2) is 48.5 Å². The van der Waals surface area contributed by atoms with Crippen molar-refractivity contribution in [2.75, 3.05) is 52.6 Å². The Morgan fingerprint density at radius 2 is 1.33 bits per heavy atom. The molecule has 0 spiro atoms. The molecule has 2 aliphatic rings. The van der Waals surface area contributed by atoms with Crippen LogP contribution in [0.3, 0.4) is 0 Å². The van der Waals surface area contributed by atoms with E-state index in [0.29, 0.717) is 44.0 Å². The van der Waals surface area contributed by atoms with E-state index in [1.54, 1.807) is 24.3 Å². The van der Waals surface area contributed by atoms with Gasteiger partial charge >= 0.3 is 0 Å². The number of benzene rings is 2. The van der Waals surface area contributed by atoms with E-state index in [0.717, 1.165) is 38.4 Å². The molecular weight excluding hydrogens is 442 g/mol. The fourth-order valence-electron chi connectivity index (χ4n) is 3.94. The van der Waals surface area contributed by atoms with Gasteiger partial charge in [-0.05, 0) is 28.8 Å². The number of sulfonamides is 1. The van der Waals surface area contributed by atoms with Gasteiger partial charge in [0.05, 0.1) is 32.2 Å². The zero-order valence-electron chi connectivity index (χ0n) is 18.7. The monoisotopic (exact) mass is 473 g/mol. The van der Waals surface area contributed by atoms with Crippen LogP contribution in [0, 0.1) is 0 Å². The van der Waals surface area contributed by atoms with Crippen LogP contribution in [-0.2, 0) is 38.3 Å². The number of nitrogens with zero attached hydrogens (tertiary/aromatic N) is 2. The first kappa shape index (κ1) is 23.8. The number of amides is 1. The fourth-order valence-corrected chi connectivity index (χ4v) is 5.45.